The van der Waals surface area contributed by atoms with Crippen LogP contribution in [0.15, 0.2) is 85.2 Å². The van der Waals surface area contributed by atoms with Gasteiger partial charge >= 0.3 is 5.95 Å². The van der Waals surface area contributed by atoms with E-state index in [0.29, 0.717) is 5.92 Å². The van der Waals surface area contributed by atoms with E-state index in [1.54, 1.807) is 6.20 Å². The molecule has 0 bridgehead atoms. The molecule has 1 N–H and O–H groups in total. The van der Waals surface area contributed by atoms with Gasteiger partial charge in [0.2, 0.25) is 0 Å². The Hall–Kier alpha value is -3.07. The summed E-state index contributed by atoms with van der Waals surface area (Å²) in [5, 5.41) is 0. The summed E-state index contributed by atoms with van der Waals surface area (Å²) in [6.45, 7) is 4.44. The predicted octanol–water partition coefficient (Wildman–Crippen LogP) is 0.388. The molecular weight excluding hydrogens is 418 g/mol. The van der Waals surface area contributed by atoms with Crippen LogP contribution in [0.5, 0.6) is 0 Å². The summed E-state index contributed by atoms with van der Waals surface area (Å²) < 4.78 is 36.2. The van der Waals surface area contributed by atoms with E-state index in [-0.39, 0.29) is 0 Å². The maximum atomic E-state index is 8.49. The maximum Gasteiger partial charge on any atom is 0.401 e. The zero-order valence-electron chi connectivity index (χ0n) is 17.1. The second-order valence-electron chi connectivity index (χ2n) is 7.07. The van der Waals surface area contributed by atoms with Crippen molar-refractivity contribution in [1.82, 2.24) is 9.97 Å². The number of hydrogen-bond donors (Lipinski definition) is 1. The number of imidazole rings is 1. The molecular formula is C23H22ClN3O4. The van der Waals surface area contributed by atoms with Gasteiger partial charge in [0.05, 0.1) is 11.9 Å². The van der Waals surface area contributed by atoms with Gasteiger partial charge in [-0.05, 0) is 23.3 Å². The molecule has 0 amide bonds. The van der Waals surface area contributed by atoms with Gasteiger partial charge in [-0.25, -0.2) is 23.6 Å². The molecule has 2 aromatic heterocycles. The highest BCUT2D eigenvalue weighted by molar-refractivity contribution is 5.69. The molecule has 0 spiro atoms. The molecule has 8 heteroatoms. The second kappa shape index (κ2) is 9.82. The van der Waals surface area contributed by atoms with Crippen molar-refractivity contribution >= 4 is 0 Å². The summed E-state index contributed by atoms with van der Waals surface area (Å²) in [5.74, 6) is 1.19. The number of benzene rings is 2. The van der Waals surface area contributed by atoms with Crippen LogP contribution in [0.4, 0.5) is 0 Å². The molecule has 2 aromatic carbocycles. The Bertz CT molecular complexity index is 1090. The number of halogens is 1. The van der Waals surface area contributed by atoms with Gasteiger partial charge in [0.15, 0.2) is 0 Å². The molecule has 7 nitrogen and oxygen atoms in total. The van der Waals surface area contributed by atoms with Crippen molar-refractivity contribution < 1.29 is 33.4 Å². The molecule has 0 fully saturated rings. The average molecular weight is 440 g/mol. The quantitative estimate of drug-likeness (QED) is 0.460. The van der Waals surface area contributed by atoms with Crippen LogP contribution in [-0.2, 0) is 0 Å². The lowest BCUT2D eigenvalue weighted by atomic mass is 9.98. The molecule has 0 saturated carbocycles. The lowest BCUT2D eigenvalue weighted by Crippen LogP contribution is -2.68. The van der Waals surface area contributed by atoms with E-state index in [1.807, 2.05) is 12.3 Å². The summed E-state index contributed by atoms with van der Waals surface area (Å²) in [5.41, 5.74) is 5.96. The molecule has 0 unspecified atom stereocenters. The fourth-order valence-corrected chi connectivity index (χ4v) is 3.28. The van der Waals surface area contributed by atoms with Crippen molar-refractivity contribution in [3.63, 3.8) is 0 Å². The minimum atomic E-state index is -4.94. The van der Waals surface area contributed by atoms with Crippen LogP contribution in [0.1, 0.15) is 25.5 Å². The summed E-state index contributed by atoms with van der Waals surface area (Å²) in [4.78, 5) is 7.80. The normalized spacial score (nSPS) is 11.2. The molecule has 0 radical (unpaired) electrons. The van der Waals surface area contributed by atoms with Crippen LogP contribution >= 0.6 is 0 Å². The van der Waals surface area contributed by atoms with Gasteiger partial charge in [-0.3, -0.25) is 0 Å². The highest BCUT2D eigenvalue weighted by atomic mass is 35.7. The number of pyridine rings is 1. The fraction of sp³-hybridized carbons (Fsp3) is 0.130. The SMILES string of the molecule is CC(C)c1cc(-c2ccccc2)cc(-c2ccccc2)[n+]1-c1ncc[nH]1.[O-][Cl+3]([O-])([O-])[O-]. The van der Waals surface area contributed by atoms with E-state index in [0.717, 1.165) is 11.6 Å². The van der Waals surface area contributed by atoms with Gasteiger partial charge in [-0.2, -0.15) is 4.57 Å². The lowest BCUT2D eigenvalue weighted by Gasteiger charge is -2.17. The summed E-state index contributed by atoms with van der Waals surface area (Å²) in [6.07, 6.45) is 3.67. The fourth-order valence-electron chi connectivity index (χ4n) is 3.28. The molecule has 0 aliphatic rings. The van der Waals surface area contributed by atoms with Crippen LogP contribution in [0, 0.1) is 10.2 Å². The lowest BCUT2D eigenvalue weighted by molar-refractivity contribution is -2.00. The van der Waals surface area contributed by atoms with Gasteiger partial charge in [0, 0.05) is 11.5 Å². The standard InChI is InChI=1S/C23H22N3.ClHO4/c1-17(2)21-15-20(18-9-5-3-6-10-18)16-22(19-11-7-4-8-12-19)26(21)23-24-13-14-25-23;2-1(3,4)5/h3-17H,1-2H3,(H,24,25);(H,2,3,4,5)/q+1;/p-1. The van der Waals surface area contributed by atoms with Crippen LogP contribution in [0.3, 0.4) is 0 Å². The highest BCUT2D eigenvalue weighted by Crippen LogP contribution is 2.28. The molecule has 0 atom stereocenters. The topological polar surface area (TPSA) is 125 Å². The summed E-state index contributed by atoms with van der Waals surface area (Å²) >= 11 is 0. The molecule has 0 aliphatic heterocycles. The smallest absolute Gasteiger partial charge is 0.245 e. The van der Waals surface area contributed by atoms with Crippen molar-refractivity contribution in [1.29, 1.82) is 0 Å². The Morgan fingerprint density at radius 1 is 0.806 bits per heavy atom. The Labute approximate surface area is 182 Å². The third kappa shape index (κ3) is 6.21. The second-order valence-corrected chi connectivity index (χ2v) is 7.82. The Morgan fingerprint density at radius 3 is 1.84 bits per heavy atom. The number of nitrogens with zero attached hydrogens (tertiary/aromatic N) is 2. The van der Waals surface area contributed by atoms with Crippen LogP contribution < -0.4 is 23.2 Å². The van der Waals surface area contributed by atoms with Gasteiger partial charge in [-0.15, -0.1) is 10.2 Å². The first-order valence-electron chi connectivity index (χ1n) is 9.56. The van der Waals surface area contributed by atoms with E-state index >= 15 is 0 Å². The summed E-state index contributed by atoms with van der Waals surface area (Å²) in [6, 6.07) is 25.5. The van der Waals surface area contributed by atoms with E-state index in [1.165, 1.54) is 22.4 Å². The molecule has 0 aliphatic carbocycles. The van der Waals surface area contributed by atoms with Crippen molar-refractivity contribution in [2.24, 2.45) is 0 Å². The number of aromatic nitrogens is 3. The van der Waals surface area contributed by atoms with E-state index in [9.17, 15) is 0 Å². The van der Waals surface area contributed by atoms with E-state index in [2.05, 4.69) is 95.1 Å². The van der Waals surface area contributed by atoms with Gasteiger partial charge in [-0.1, -0.05) is 79.5 Å². The Balaban J connectivity index is 0.000000491. The number of nitrogens with one attached hydrogen (secondary N) is 1. The Kier molecular flexibility index (Phi) is 7.17. The van der Waals surface area contributed by atoms with E-state index in [4.69, 9.17) is 18.6 Å². The number of rotatable bonds is 4. The van der Waals surface area contributed by atoms with Crippen molar-refractivity contribution in [2.75, 3.05) is 0 Å². The van der Waals surface area contributed by atoms with Crippen molar-refractivity contribution in [3.8, 4) is 28.3 Å². The molecule has 0 saturated heterocycles. The first-order chi connectivity index (χ1) is 14.7. The number of hydrogen-bond acceptors (Lipinski definition) is 5. The van der Waals surface area contributed by atoms with Crippen LogP contribution in [0.25, 0.3) is 28.3 Å². The zero-order valence-corrected chi connectivity index (χ0v) is 17.8. The third-order valence-corrected chi connectivity index (χ3v) is 4.56. The zero-order chi connectivity index (χ0) is 22.4. The number of aromatic amines is 1. The van der Waals surface area contributed by atoms with E-state index < -0.39 is 10.2 Å². The van der Waals surface area contributed by atoms with Crippen molar-refractivity contribution in [2.45, 2.75) is 19.8 Å². The van der Waals surface area contributed by atoms with Crippen molar-refractivity contribution in [3.05, 3.63) is 90.9 Å². The minimum absolute atomic E-state index is 0.353. The third-order valence-electron chi connectivity index (χ3n) is 4.56. The summed E-state index contributed by atoms with van der Waals surface area (Å²) in [7, 11) is -4.94. The maximum absolute atomic E-state index is 8.49. The molecule has 160 valence electrons. The molecule has 2 heterocycles. The molecule has 31 heavy (non-hydrogen) atoms. The average Bonchev–Trinajstić information content (AvgIpc) is 3.27. The monoisotopic (exact) mass is 439 g/mol. The van der Waals surface area contributed by atoms with Gasteiger partial charge in [0.1, 0.15) is 11.9 Å². The highest BCUT2D eigenvalue weighted by Gasteiger charge is 2.22. The minimum Gasteiger partial charge on any atom is -0.245 e. The van der Waals surface area contributed by atoms with Crippen LogP contribution in [0.2, 0.25) is 0 Å². The number of H-pyrrole nitrogens is 1. The predicted molar refractivity (Wildman–Crippen MR) is 105 cm³/mol. The molecule has 4 aromatic rings. The largest absolute Gasteiger partial charge is 0.401 e. The first kappa shape index (κ1) is 22.6. The van der Waals surface area contributed by atoms with Gasteiger partial charge < -0.3 is 0 Å². The van der Waals surface area contributed by atoms with Gasteiger partial charge in [0.25, 0.3) is 0 Å². The molecule has 4 rings (SSSR count). The Morgan fingerprint density at radius 2 is 1.35 bits per heavy atom. The van der Waals surface area contributed by atoms with Crippen LogP contribution in [-0.4, -0.2) is 9.97 Å². The first-order valence-corrected chi connectivity index (χ1v) is 10.8.